The molecule has 6 heteroatoms. The highest BCUT2D eigenvalue weighted by Gasteiger charge is 2.19. The van der Waals surface area contributed by atoms with Crippen molar-refractivity contribution in [2.75, 3.05) is 6.61 Å². The smallest absolute Gasteiger partial charge is 0.339 e. The fourth-order valence-corrected chi connectivity index (χ4v) is 3.65. The van der Waals surface area contributed by atoms with Gasteiger partial charge >= 0.3 is 5.97 Å². The molecule has 3 aromatic rings. The minimum atomic E-state index is -0.487. The maximum atomic E-state index is 12.2. The summed E-state index contributed by atoms with van der Waals surface area (Å²) in [4.78, 5) is 25.0. The zero-order valence-corrected chi connectivity index (χ0v) is 14.3. The molecule has 122 valence electrons. The van der Waals surface area contributed by atoms with Crippen molar-refractivity contribution in [1.29, 1.82) is 0 Å². The maximum Gasteiger partial charge on any atom is 0.339 e. The van der Waals surface area contributed by atoms with E-state index in [2.05, 4.69) is 5.32 Å². The van der Waals surface area contributed by atoms with Gasteiger partial charge in [0.25, 0.3) is 5.91 Å². The lowest BCUT2D eigenvalue weighted by Gasteiger charge is -2.18. The summed E-state index contributed by atoms with van der Waals surface area (Å²) < 4.78 is 5.06. The topological polar surface area (TPSA) is 55.4 Å². The Kier molecular flexibility index (Phi) is 5.40. The largest absolute Gasteiger partial charge is 0.452 e. The van der Waals surface area contributed by atoms with Crippen LogP contribution in [0.1, 0.15) is 26.8 Å². The Bertz CT molecular complexity index is 783. The third-order valence-corrected chi connectivity index (χ3v) is 4.98. The summed E-state index contributed by atoms with van der Waals surface area (Å²) in [5, 5.41) is 8.38. The second kappa shape index (κ2) is 7.90. The van der Waals surface area contributed by atoms with Gasteiger partial charge in [0.05, 0.1) is 11.6 Å². The molecule has 0 saturated heterocycles. The number of nitrogens with one attached hydrogen (secondary N) is 1. The summed E-state index contributed by atoms with van der Waals surface area (Å²) in [5.74, 6) is -0.820. The Hall–Kier alpha value is -2.44. The third-order valence-electron chi connectivity index (χ3n) is 3.36. The minimum Gasteiger partial charge on any atom is -0.452 e. The highest BCUT2D eigenvalue weighted by Crippen LogP contribution is 2.25. The average molecular weight is 357 g/mol. The van der Waals surface area contributed by atoms with Gasteiger partial charge in [-0.2, -0.15) is 11.3 Å². The van der Waals surface area contributed by atoms with Crippen molar-refractivity contribution in [2.24, 2.45) is 0 Å². The summed E-state index contributed by atoms with van der Waals surface area (Å²) in [6.07, 6.45) is 0. The molecular formula is C18H15NO3S2. The predicted octanol–water partition coefficient (Wildman–Crippen LogP) is 3.87. The van der Waals surface area contributed by atoms with Crippen LogP contribution in [-0.4, -0.2) is 18.5 Å². The molecule has 1 aromatic carbocycles. The van der Waals surface area contributed by atoms with Crippen LogP contribution < -0.4 is 5.32 Å². The number of rotatable bonds is 6. The van der Waals surface area contributed by atoms with Gasteiger partial charge in [0.1, 0.15) is 0 Å². The van der Waals surface area contributed by atoms with Crippen LogP contribution in [0.25, 0.3) is 0 Å². The Morgan fingerprint density at radius 3 is 2.54 bits per heavy atom. The van der Waals surface area contributed by atoms with Crippen LogP contribution in [0, 0.1) is 0 Å². The summed E-state index contributed by atoms with van der Waals surface area (Å²) >= 11 is 2.98. The van der Waals surface area contributed by atoms with Gasteiger partial charge in [0, 0.05) is 10.3 Å². The van der Waals surface area contributed by atoms with Gasteiger partial charge in [-0.15, -0.1) is 11.3 Å². The molecule has 4 nitrogen and oxygen atoms in total. The highest BCUT2D eigenvalue weighted by molar-refractivity contribution is 7.10. The first kappa shape index (κ1) is 16.4. The van der Waals surface area contributed by atoms with Crippen LogP contribution in [-0.2, 0) is 9.53 Å². The SMILES string of the molecule is O=C(COC(=O)c1ccsc1)N[C@@H](c1ccccc1)c1cccs1. The Labute approximate surface area is 147 Å². The maximum absolute atomic E-state index is 12.2. The average Bonchev–Trinajstić information content (AvgIpc) is 3.31. The van der Waals surface area contributed by atoms with Gasteiger partial charge in [-0.1, -0.05) is 36.4 Å². The van der Waals surface area contributed by atoms with Crippen molar-refractivity contribution in [3.05, 3.63) is 80.7 Å². The zero-order valence-electron chi connectivity index (χ0n) is 12.7. The van der Waals surface area contributed by atoms with Crippen molar-refractivity contribution in [1.82, 2.24) is 5.32 Å². The first-order chi connectivity index (χ1) is 11.7. The molecular weight excluding hydrogens is 342 g/mol. The molecule has 0 spiro atoms. The minimum absolute atomic E-state index is 0.251. The van der Waals surface area contributed by atoms with E-state index in [9.17, 15) is 9.59 Å². The Morgan fingerprint density at radius 2 is 1.88 bits per heavy atom. The molecule has 2 heterocycles. The van der Waals surface area contributed by atoms with E-state index in [1.807, 2.05) is 47.8 Å². The van der Waals surface area contributed by atoms with E-state index in [4.69, 9.17) is 4.74 Å². The molecule has 3 rings (SSSR count). The van der Waals surface area contributed by atoms with Crippen LogP contribution >= 0.6 is 22.7 Å². The van der Waals surface area contributed by atoms with Gasteiger partial charge in [0.2, 0.25) is 0 Å². The highest BCUT2D eigenvalue weighted by atomic mass is 32.1. The summed E-state index contributed by atoms with van der Waals surface area (Å²) in [6, 6.07) is 15.0. The van der Waals surface area contributed by atoms with E-state index < -0.39 is 5.97 Å². The molecule has 0 unspecified atom stereocenters. The van der Waals surface area contributed by atoms with Crippen molar-refractivity contribution in [2.45, 2.75) is 6.04 Å². The Balaban J connectivity index is 1.65. The molecule has 0 aliphatic rings. The molecule has 0 saturated carbocycles. The van der Waals surface area contributed by atoms with E-state index >= 15 is 0 Å². The summed E-state index contributed by atoms with van der Waals surface area (Å²) in [5.41, 5.74) is 1.45. The molecule has 0 aliphatic heterocycles. The lowest BCUT2D eigenvalue weighted by atomic mass is 10.1. The van der Waals surface area contributed by atoms with Crippen LogP contribution in [0.15, 0.2) is 64.7 Å². The van der Waals surface area contributed by atoms with Crippen molar-refractivity contribution >= 4 is 34.6 Å². The quantitative estimate of drug-likeness (QED) is 0.681. The zero-order chi connectivity index (χ0) is 16.8. The van der Waals surface area contributed by atoms with Crippen LogP contribution in [0.5, 0.6) is 0 Å². The molecule has 1 N–H and O–H groups in total. The molecule has 0 bridgehead atoms. The second-order valence-corrected chi connectivity index (χ2v) is 6.77. The molecule has 0 radical (unpaired) electrons. The molecule has 1 atom stereocenters. The first-order valence-corrected chi connectivity index (χ1v) is 9.13. The van der Waals surface area contributed by atoms with Gasteiger partial charge in [-0.3, -0.25) is 4.79 Å². The Morgan fingerprint density at radius 1 is 1.04 bits per heavy atom. The van der Waals surface area contributed by atoms with Gasteiger partial charge in [-0.05, 0) is 28.5 Å². The lowest BCUT2D eigenvalue weighted by Crippen LogP contribution is -2.32. The van der Waals surface area contributed by atoms with Gasteiger partial charge in [-0.25, -0.2) is 4.79 Å². The van der Waals surface area contributed by atoms with Gasteiger partial charge in [0.15, 0.2) is 6.61 Å². The van der Waals surface area contributed by atoms with Crippen LogP contribution in [0.2, 0.25) is 0 Å². The number of carbonyl (C=O) groups excluding carboxylic acids is 2. The number of hydrogen-bond acceptors (Lipinski definition) is 5. The van der Waals surface area contributed by atoms with Crippen LogP contribution in [0.3, 0.4) is 0 Å². The van der Waals surface area contributed by atoms with Crippen molar-refractivity contribution in [3.8, 4) is 0 Å². The van der Waals surface area contributed by atoms with E-state index in [1.165, 1.54) is 11.3 Å². The monoisotopic (exact) mass is 357 g/mol. The number of amides is 1. The van der Waals surface area contributed by atoms with Gasteiger partial charge < -0.3 is 10.1 Å². The molecule has 24 heavy (non-hydrogen) atoms. The van der Waals surface area contributed by atoms with E-state index in [-0.39, 0.29) is 18.6 Å². The number of esters is 1. The fourth-order valence-electron chi connectivity index (χ4n) is 2.22. The molecule has 0 fully saturated rings. The normalized spacial score (nSPS) is 11.7. The standard InChI is InChI=1S/C18H15NO3S2/c20-16(11-22-18(21)14-8-10-23-12-14)19-17(15-7-4-9-24-15)13-5-2-1-3-6-13/h1-10,12,17H,11H2,(H,19,20)/t17-/m0/s1. The number of carbonyl (C=O) groups is 2. The van der Waals surface area contributed by atoms with Crippen molar-refractivity contribution < 1.29 is 14.3 Å². The van der Waals surface area contributed by atoms with E-state index in [1.54, 1.807) is 28.2 Å². The van der Waals surface area contributed by atoms with E-state index in [0.717, 1.165) is 10.4 Å². The number of thiophene rings is 2. The number of ether oxygens (including phenoxy) is 1. The van der Waals surface area contributed by atoms with E-state index in [0.29, 0.717) is 5.56 Å². The molecule has 1 amide bonds. The predicted molar refractivity (Wildman–Crippen MR) is 95.3 cm³/mol. The summed E-state index contributed by atoms with van der Waals surface area (Å²) in [6.45, 7) is -0.302. The van der Waals surface area contributed by atoms with Crippen LogP contribution in [0.4, 0.5) is 0 Å². The lowest BCUT2D eigenvalue weighted by molar-refractivity contribution is -0.124. The number of hydrogen-bond donors (Lipinski definition) is 1. The third kappa shape index (κ3) is 4.10. The second-order valence-electron chi connectivity index (χ2n) is 5.01. The fraction of sp³-hybridized carbons (Fsp3) is 0.111. The first-order valence-electron chi connectivity index (χ1n) is 7.31. The number of benzene rings is 1. The molecule has 2 aromatic heterocycles. The molecule has 0 aliphatic carbocycles. The summed E-state index contributed by atoms with van der Waals surface area (Å²) in [7, 11) is 0. The van der Waals surface area contributed by atoms with Crippen molar-refractivity contribution in [3.63, 3.8) is 0 Å².